The van der Waals surface area contributed by atoms with Crippen LogP contribution in [0.15, 0.2) is 46.9 Å². The molecule has 2 aromatic rings. The lowest BCUT2D eigenvalue weighted by Gasteiger charge is -2.16. The van der Waals surface area contributed by atoms with E-state index in [4.69, 9.17) is 11.6 Å². The van der Waals surface area contributed by atoms with Gasteiger partial charge < -0.3 is 5.32 Å². The van der Waals surface area contributed by atoms with Crippen LogP contribution in [0.25, 0.3) is 0 Å². The number of benzene rings is 2. The van der Waals surface area contributed by atoms with E-state index in [2.05, 4.69) is 58.5 Å². The molecule has 1 atom stereocenters. The van der Waals surface area contributed by atoms with Gasteiger partial charge in [-0.25, -0.2) is 0 Å². The first-order valence-electron chi connectivity index (χ1n) is 6.31. The molecule has 0 saturated heterocycles. The second-order valence-electron chi connectivity index (χ2n) is 4.72. The van der Waals surface area contributed by atoms with E-state index in [-0.39, 0.29) is 6.04 Å². The summed E-state index contributed by atoms with van der Waals surface area (Å²) in [4.78, 5) is 0. The van der Waals surface area contributed by atoms with Crippen LogP contribution in [0.2, 0.25) is 5.02 Å². The fraction of sp³-hybridized carbons (Fsp3) is 0.250. The molecule has 0 spiro atoms. The Morgan fingerprint density at radius 1 is 1.21 bits per heavy atom. The highest BCUT2D eigenvalue weighted by Gasteiger charge is 2.09. The van der Waals surface area contributed by atoms with Crippen molar-refractivity contribution in [3.8, 4) is 0 Å². The third-order valence-electron chi connectivity index (χ3n) is 3.18. The molecule has 2 rings (SSSR count). The lowest BCUT2D eigenvalue weighted by molar-refractivity contribution is 0.573. The number of rotatable bonds is 4. The van der Waals surface area contributed by atoms with Gasteiger partial charge in [0.15, 0.2) is 0 Å². The number of aryl methyl sites for hydroxylation is 1. The molecule has 1 nitrogen and oxygen atoms in total. The minimum Gasteiger partial charge on any atom is -0.306 e. The molecule has 3 heteroatoms. The van der Waals surface area contributed by atoms with Crippen LogP contribution in [0.4, 0.5) is 0 Å². The fourth-order valence-electron chi connectivity index (χ4n) is 1.99. The van der Waals surface area contributed by atoms with Crippen LogP contribution in [0.5, 0.6) is 0 Å². The molecule has 0 radical (unpaired) electrons. The number of halogens is 2. The normalized spacial score (nSPS) is 12.4. The van der Waals surface area contributed by atoms with Crippen LogP contribution in [0.1, 0.15) is 29.7 Å². The van der Waals surface area contributed by atoms with E-state index < -0.39 is 0 Å². The molecule has 0 aliphatic carbocycles. The quantitative estimate of drug-likeness (QED) is 0.801. The Kier molecular flexibility index (Phi) is 5.03. The second-order valence-corrected chi connectivity index (χ2v) is 5.98. The van der Waals surface area contributed by atoms with E-state index >= 15 is 0 Å². The number of hydrogen-bond donors (Lipinski definition) is 1. The molecule has 0 bridgehead atoms. The summed E-state index contributed by atoms with van der Waals surface area (Å²) >= 11 is 9.82. The zero-order valence-corrected chi connectivity index (χ0v) is 13.4. The average molecular weight is 339 g/mol. The predicted octanol–water partition coefficient (Wildman–Crippen LogP) is 5.26. The Morgan fingerprint density at radius 2 is 1.95 bits per heavy atom. The summed E-state index contributed by atoms with van der Waals surface area (Å²) < 4.78 is 1.13. The summed E-state index contributed by atoms with van der Waals surface area (Å²) in [6.07, 6.45) is 0. The third-order valence-corrected chi connectivity index (χ3v) is 4.25. The van der Waals surface area contributed by atoms with Crippen LogP contribution in [0.3, 0.4) is 0 Å². The molecular weight excluding hydrogens is 322 g/mol. The summed E-state index contributed by atoms with van der Waals surface area (Å²) in [7, 11) is 0. The first-order valence-corrected chi connectivity index (χ1v) is 7.48. The van der Waals surface area contributed by atoms with Gasteiger partial charge in [0.05, 0.1) is 0 Å². The van der Waals surface area contributed by atoms with E-state index in [0.29, 0.717) is 0 Å². The number of nitrogens with one attached hydrogen (secondary N) is 1. The van der Waals surface area contributed by atoms with Crippen molar-refractivity contribution >= 4 is 27.5 Å². The van der Waals surface area contributed by atoms with E-state index in [1.54, 1.807) is 0 Å². The lowest BCUT2D eigenvalue weighted by atomic mass is 10.1. The maximum Gasteiger partial charge on any atom is 0.0453 e. The molecule has 1 N–H and O–H groups in total. The van der Waals surface area contributed by atoms with Crippen molar-refractivity contribution in [1.82, 2.24) is 5.32 Å². The van der Waals surface area contributed by atoms with Crippen molar-refractivity contribution in [3.05, 3.63) is 68.7 Å². The van der Waals surface area contributed by atoms with Crippen LogP contribution >= 0.6 is 27.5 Å². The molecule has 0 amide bonds. The molecule has 0 unspecified atom stereocenters. The molecule has 0 saturated carbocycles. The van der Waals surface area contributed by atoms with Gasteiger partial charge in [-0.05, 0) is 42.7 Å². The molecular formula is C16H17BrClN. The molecule has 0 aliphatic rings. The van der Waals surface area contributed by atoms with Gasteiger partial charge in [0.2, 0.25) is 0 Å². The van der Waals surface area contributed by atoms with Crippen molar-refractivity contribution in [1.29, 1.82) is 0 Å². The first-order chi connectivity index (χ1) is 9.08. The van der Waals surface area contributed by atoms with Gasteiger partial charge in [0.25, 0.3) is 0 Å². The van der Waals surface area contributed by atoms with E-state index in [9.17, 15) is 0 Å². The highest BCUT2D eigenvalue weighted by atomic mass is 79.9. The summed E-state index contributed by atoms with van der Waals surface area (Å²) in [5.74, 6) is 0. The van der Waals surface area contributed by atoms with Crippen LogP contribution in [-0.2, 0) is 6.54 Å². The summed E-state index contributed by atoms with van der Waals surface area (Å²) in [6, 6.07) is 14.7. The van der Waals surface area contributed by atoms with Crippen molar-refractivity contribution in [3.63, 3.8) is 0 Å². The standard InChI is InChI=1S/C16H17BrClN/c1-11-7-8-13(16(18)9-11)10-19-12(2)14-5-3-4-6-15(14)17/h3-9,12,19H,10H2,1-2H3/t12-/m1/s1. The second kappa shape index (κ2) is 6.56. The molecule has 2 aromatic carbocycles. The Labute approximate surface area is 128 Å². The number of hydrogen-bond acceptors (Lipinski definition) is 1. The Balaban J connectivity index is 2.04. The minimum absolute atomic E-state index is 0.271. The van der Waals surface area contributed by atoms with Gasteiger partial charge in [-0.1, -0.05) is 57.9 Å². The van der Waals surface area contributed by atoms with Gasteiger partial charge in [-0.3, -0.25) is 0 Å². The van der Waals surface area contributed by atoms with Crippen LogP contribution in [-0.4, -0.2) is 0 Å². The van der Waals surface area contributed by atoms with Crippen molar-refractivity contribution < 1.29 is 0 Å². The predicted molar refractivity (Wildman–Crippen MR) is 85.6 cm³/mol. The molecule has 19 heavy (non-hydrogen) atoms. The SMILES string of the molecule is Cc1ccc(CN[C@H](C)c2ccccc2Br)c(Cl)c1. The highest BCUT2D eigenvalue weighted by Crippen LogP contribution is 2.24. The van der Waals surface area contributed by atoms with E-state index in [1.165, 1.54) is 11.1 Å². The van der Waals surface area contributed by atoms with Gasteiger partial charge in [0, 0.05) is 22.1 Å². The molecule has 100 valence electrons. The Morgan fingerprint density at radius 3 is 2.63 bits per heavy atom. The van der Waals surface area contributed by atoms with Crippen molar-refractivity contribution in [2.75, 3.05) is 0 Å². The van der Waals surface area contributed by atoms with Crippen LogP contribution in [0, 0.1) is 6.92 Å². The van der Waals surface area contributed by atoms with Crippen LogP contribution < -0.4 is 5.32 Å². The molecule has 0 aliphatic heterocycles. The Bertz CT molecular complexity index is 568. The highest BCUT2D eigenvalue weighted by molar-refractivity contribution is 9.10. The zero-order chi connectivity index (χ0) is 13.8. The van der Waals surface area contributed by atoms with Gasteiger partial charge in [0.1, 0.15) is 0 Å². The largest absolute Gasteiger partial charge is 0.306 e. The maximum absolute atomic E-state index is 6.24. The zero-order valence-electron chi connectivity index (χ0n) is 11.1. The van der Waals surface area contributed by atoms with Crippen molar-refractivity contribution in [2.24, 2.45) is 0 Å². The lowest BCUT2D eigenvalue weighted by Crippen LogP contribution is -2.18. The molecule has 0 fully saturated rings. The summed E-state index contributed by atoms with van der Waals surface area (Å²) in [5.41, 5.74) is 3.57. The van der Waals surface area contributed by atoms with Crippen molar-refractivity contribution in [2.45, 2.75) is 26.4 Å². The first kappa shape index (κ1) is 14.6. The van der Waals surface area contributed by atoms with E-state index in [1.807, 2.05) is 19.1 Å². The third kappa shape index (κ3) is 3.82. The maximum atomic E-state index is 6.24. The molecule has 0 heterocycles. The summed E-state index contributed by atoms with van der Waals surface area (Å²) in [5, 5.41) is 4.33. The topological polar surface area (TPSA) is 12.0 Å². The monoisotopic (exact) mass is 337 g/mol. The smallest absolute Gasteiger partial charge is 0.0453 e. The molecule has 0 aromatic heterocycles. The minimum atomic E-state index is 0.271. The van der Waals surface area contributed by atoms with Gasteiger partial charge in [-0.15, -0.1) is 0 Å². The fourth-order valence-corrected chi connectivity index (χ4v) is 2.93. The Hall–Kier alpha value is -0.830. The van der Waals surface area contributed by atoms with Gasteiger partial charge >= 0.3 is 0 Å². The summed E-state index contributed by atoms with van der Waals surface area (Å²) in [6.45, 7) is 4.97. The van der Waals surface area contributed by atoms with E-state index in [0.717, 1.165) is 21.6 Å². The average Bonchev–Trinajstić information content (AvgIpc) is 2.38. The van der Waals surface area contributed by atoms with Gasteiger partial charge in [-0.2, -0.15) is 0 Å².